The molecule has 9 nitrogen and oxygen atoms in total. The molecule has 1 saturated heterocycles. The smallest absolute Gasteiger partial charge is 0.411 e. The average molecular weight is 491 g/mol. The molecule has 3 aromatic rings. The number of carbonyl (C=O) groups is 4. The number of esters is 2. The molecule has 36 heavy (non-hydrogen) atoms. The van der Waals surface area contributed by atoms with E-state index in [9.17, 15) is 19.2 Å². The van der Waals surface area contributed by atoms with Gasteiger partial charge in [0.05, 0.1) is 26.5 Å². The van der Waals surface area contributed by atoms with Gasteiger partial charge in [0.15, 0.2) is 23.6 Å². The molecule has 1 amide bonds. The summed E-state index contributed by atoms with van der Waals surface area (Å²) in [5.41, 5.74) is 1.41. The molecule has 2 heterocycles. The van der Waals surface area contributed by atoms with Gasteiger partial charge in [0, 0.05) is 6.42 Å². The molecule has 0 N–H and O–H groups in total. The van der Waals surface area contributed by atoms with Crippen LogP contribution in [0.2, 0.25) is 0 Å². The van der Waals surface area contributed by atoms with Crippen molar-refractivity contribution in [3.63, 3.8) is 0 Å². The summed E-state index contributed by atoms with van der Waals surface area (Å²) in [5.74, 6) is -3.97. The van der Waals surface area contributed by atoms with E-state index in [4.69, 9.17) is 18.6 Å². The van der Waals surface area contributed by atoms with Crippen molar-refractivity contribution in [2.24, 2.45) is 5.92 Å². The molecule has 0 radical (unpaired) electrons. The Morgan fingerprint density at radius 1 is 0.861 bits per heavy atom. The van der Waals surface area contributed by atoms with E-state index in [1.807, 2.05) is 48.5 Å². The zero-order valence-electron chi connectivity index (χ0n) is 19.7. The number of nitrogens with zero attached hydrogens (tertiary/aromatic N) is 1. The van der Waals surface area contributed by atoms with E-state index >= 15 is 0 Å². The second-order valence-corrected chi connectivity index (χ2v) is 8.17. The molecular weight excluding hydrogens is 466 g/mol. The number of carbonyl (C=O) groups excluding carboxylic acids is 4. The summed E-state index contributed by atoms with van der Waals surface area (Å²) in [6.07, 6.45) is -0.628. The first-order chi connectivity index (χ1) is 17.5. The Kier molecular flexibility index (Phi) is 7.48. The van der Waals surface area contributed by atoms with Crippen LogP contribution in [0.3, 0.4) is 0 Å². The number of Topliss-reactive ketones (excluding diaryl/α,β-unsaturated/α-hetero) is 1. The molecule has 3 atom stereocenters. The lowest BCUT2D eigenvalue weighted by Crippen LogP contribution is -2.50. The Hall–Kier alpha value is -4.40. The van der Waals surface area contributed by atoms with E-state index < -0.39 is 54.3 Å². The van der Waals surface area contributed by atoms with Crippen LogP contribution in [0.25, 0.3) is 0 Å². The highest BCUT2D eigenvalue weighted by Crippen LogP contribution is 2.46. The molecule has 0 saturated carbocycles. The number of rotatable bonds is 9. The van der Waals surface area contributed by atoms with E-state index in [0.29, 0.717) is 11.1 Å². The molecule has 1 aliphatic rings. The van der Waals surface area contributed by atoms with E-state index in [1.54, 1.807) is 18.2 Å². The van der Waals surface area contributed by atoms with Crippen LogP contribution in [0.5, 0.6) is 0 Å². The third kappa shape index (κ3) is 4.86. The van der Waals surface area contributed by atoms with Crippen molar-refractivity contribution in [1.29, 1.82) is 0 Å². The minimum absolute atomic E-state index is 0.0249. The van der Waals surface area contributed by atoms with Crippen molar-refractivity contribution < 1.29 is 37.8 Å². The fourth-order valence-electron chi connectivity index (χ4n) is 4.48. The first kappa shape index (κ1) is 24.7. The van der Waals surface area contributed by atoms with Crippen LogP contribution < -0.4 is 0 Å². The van der Waals surface area contributed by atoms with Crippen molar-refractivity contribution in [1.82, 2.24) is 4.90 Å². The van der Waals surface area contributed by atoms with Gasteiger partial charge in [0.2, 0.25) is 0 Å². The summed E-state index contributed by atoms with van der Waals surface area (Å²) in [5, 5.41) is 0. The maximum atomic E-state index is 13.4. The zero-order chi connectivity index (χ0) is 25.7. The van der Waals surface area contributed by atoms with Gasteiger partial charge >= 0.3 is 18.0 Å². The predicted octanol–water partition coefficient (Wildman–Crippen LogP) is 4.12. The van der Waals surface area contributed by atoms with Crippen LogP contribution in [0.15, 0.2) is 83.5 Å². The molecule has 2 aromatic carbocycles. The number of ether oxygens (including phenoxy) is 3. The summed E-state index contributed by atoms with van der Waals surface area (Å²) in [6, 6.07) is 19.1. The first-order valence-electron chi connectivity index (χ1n) is 11.3. The third-order valence-corrected chi connectivity index (χ3v) is 6.14. The number of hydrogen-bond acceptors (Lipinski definition) is 8. The summed E-state index contributed by atoms with van der Waals surface area (Å²) < 4.78 is 20.8. The van der Waals surface area contributed by atoms with Crippen LogP contribution in [0.1, 0.15) is 40.2 Å². The monoisotopic (exact) mass is 491 g/mol. The van der Waals surface area contributed by atoms with E-state index in [0.717, 1.165) is 14.2 Å². The van der Waals surface area contributed by atoms with Crippen molar-refractivity contribution >= 4 is 23.8 Å². The Balaban J connectivity index is 1.85. The van der Waals surface area contributed by atoms with Gasteiger partial charge in [-0.05, 0) is 23.3 Å². The number of ketones is 1. The standard InChI is InChI=1S/C27H25NO8/c1-33-25(30)22(26(31)34-2)19(16-20(29)21-14-9-15-35-21)28-23(17-10-5-3-6-11-17)24(36-27(28)32)18-12-7-4-8-13-18/h3-15,19,22-24H,16H2,1-2H3/t19-,23+,24-/m1/s1. The number of furan rings is 1. The molecule has 0 spiro atoms. The van der Waals surface area contributed by atoms with E-state index in [1.165, 1.54) is 17.2 Å². The van der Waals surface area contributed by atoms with Crippen LogP contribution >= 0.6 is 0 Å². The summed E-state index contributed by atoms with van der Waals surface area (Å²) >= 11 is 0. The third-order valence-electron chi connectivity index (χ3n) is 6.14. The van der Waals surface area contributed by atoms with Crippen LogP contribution in [-0.4, -0.2) is 49.0 Å². The second kappa shape index (κ2) is 10.9. The Morgan fingerprint density at radius 3 is 1.97 bits per heavy atom. The molecule has 0 bridgehead atoms. The maximum absolute atomic E-state index is 13.4. The van der Waals surface area contributed by atoms with Crippen molar-refractivity contribution in [2.75, 3.05) is 14.2 Å². The average Bonchev–Trinajstić information content (AvgIpc) is 3.57. The van der Waals surface area contributed by atoms with Crippen molar-refractivity contribution in [3.05, 3.63) is 95.9 Å². The second-order valence-electron chi connectivity index (χ2n) is 8.17. The molecule has 1 aromatic heterocycles. The molecular formula is C27H25NO8. The highest BCUT2D eigenvalue weighted by atomic mass is 16.6. The number of hydrogen-bond donors (Lipinski definition) is 0. The molecule has 1 fully saturated rings. The summed E-state index contributed by atoms with van der Waals surface area (Å²) in [7, 11) is 2.24. The Morgan fingerprint density at radius 2 is 1.44 bits per heavy atom. The molecule has 4 rings (SSSR count). The van der Waals surface area contributed by atoms with Gasteiger partial charge in [-0.15, -0.1) is 0 Å². The van der Waals surface area contributed by atoms with Crippen LogP contribution in [0.4, 0.5) is 4.79 Å². The lowest BCUT2D eigenvalue weighted by molar-refractivity contribution is -0.161. The van der Waals surface area contributed by atoms with Crippen molar-refractivity contribution in [2.45, 2.75) is 24.6 Å². The molecule has 0 unspecified atom stereocenters. The van der Waals surface area contributed by atoms with E-state index in [-0.39, 0.29) is 5.76 Å². The number of cyclic esters (lactones) is 1. The Bertz CT molecular complexity index is 1190. The molecule has 186 valence electrons. The minimum atomic E-state index is -1.60. The van der Waals surface area contributed by atoms with Crippen LogP contribution in [0, 0.1) is 5.92 Å². The lowest BCUT2D eigenvalue weighted by atomic mass is 9.88. The topological polar surface area (TPSA) is 112 Å². The number of amides is 1. The predicted molar refractivity (Wildman–Crippen MR) is 126 cm³/mol. The SMILES string of the molecule is COC(=O)C(C(=O)OC)[C@@H](CC(=O)c1ccco1)N1C(=O)O[C@H](c2ccccc2)[C@@H]1c1ccccc1. The maximum Gasteiger partial charge on any atom is 0.411 e. The van der Waals surface area contributed by atoms with Gasteiger partial charge < -0.3 is 18.6 Å². The quantitative estimate of drug-likeness (QED) is 0.190. The normalized spacial score (nSPS) is 18.0. The van der Waals surface area contributed by atoms with Gasteiger partial charge in [-0.25, -0.2) is 4.79 Å². The van der Waals surface area contributed by atoms with E-state index in [2.05, 4.69) is 0 Å². The fraction of sp³-hybridized carbons (Fsp3) is 0.259. The van der Waals surface area contributed by atoms with Crippen molar-refractivity contribution in [3.8, 4) is 0 Å². The number of methoxy groups -OCH3 is 2. The minimum Gasteiger partial charge on any atom is -0.468 e. The van der Waals surface area contributed by atoms with Gasteiger partial charge in [-0.1, -0.05) is 60.7 Å². The summed E-state index contributed by atoms with van der Waals surface area (Å²) in [6.45, 7) is 0. The van der Waals surface area contributed by atoms with Gasteiger partial charge in [-0.3, -0.25) is 19.3 Å². The van der Waals surface area contributed by atoms with Gasteiger partial charge in [0.25, 0.3) is 0 Å². The zero-order valence-corrected chi connectivity index (χ0v) is 19.7. The largest absolute Gasteiger partial charge is 0.468 e. The highest BCUT2D eigenvalue weighted by Gasteiger charge is 2.52. The van der Waals surface area contributed by atoms with Crippen LogP contribution in [-0.2, 0) is 23.8 Å². The number of benzene rings is 2. The molecule has 0 aliphatic carbocycles. The lowest BCUT2D eigenvalue weighted by Gasteiger charge is -2.34. The van der Waals surface area contributed by atoms with Gasteiger partial charge in [0.1, 0.15) is 6.04 Å². The highest BCUT2D eigenvalue weighted by molar-refractivity contribution is 5.99. The first-order valence-corrected chi connectivity index (χ1v) is 11.3. The summed E-state index contributed by atoms with van der Waals surface area (Å²) in [4.78, 5) is 53.5. The van der Waals surface area contributed by atoms with Gasteiger partial charge in [-0.2, -0.15) is 0 Å². The molecule has 1 aliphatic heterocycles. The fourth-order valence-corrected chi connectivity index (χ4v) is 4.48. The molecule has 9 heteroatoms. The Labute approximate surface area is 207 Å².